The van der Waals surface area contributed by atoms with Crippen molar-refractivity contribution in [3.63, 3.8) is 0 Å². The van der Waals surface area contributed by atoms with Crippen molar-refractivity contribution >= 4 is 8.32 Å². The quantitative estimate of drug-likeness (QED) is 0.156. The highest BCUT2D eigenvalue weighted by Gasteiger charge is 2.59. The van der Waals surface area contributed by atoms with Gasteiger partial charge in [-0.15, -0.1) is 0 Å². The summed E-state index contributed by atoms with van der Waals surface area (Å²) in [4.78, 5) is 0. The van der Waals surface area contributed by atoms with E-state index >= 15 is 0 Å². The van der Waals surface area contributed by atoms with Crippen molar-refractivity contribution in [1.82, 2.24) is 0 Å². The Hall–Kier alpha value is -0.423. The first kappa shape index (κ1) is 32.5. The maximum atomic E-state index is 6.96. The second kappa shape index (κ2) is 11.6. The summed E-state index contributed by atoms with van der Waals surface area (Å²) in [5, 5.41) is 0.283. The van der Waals surface area contributed by atoms with E-state index in [1.165, 1.54) is 51.4 Å². The molecule has 0 spiro atoms. The molecule has 3 nitrogen and oxygen atoms in total. The summed E-state index contributed by atoms with van der Waals surface area (Å²) in [6.45, 7) is 26.8. The molecule has 0 aromatic carbocycles. The largest absolute Gasteiger partial charge is 0.414 e. The van der Waals surface area contributed by atoms with Gasteiger partial charge in [0.15, 0.2) is 8.32 Å². The summed E-state index contributed by atoms with van der Waals surface area (Å²) >= 11 is 0. The molecule has 0 aromatic heterocycles. The summed E-state index contributed by atoms with van der Waals surface area (Å²) in [6.07, 6.45) is 18.8. The number of ether oxygens (including phenoxy) is 2. The fourth-order valence-electron chi connectivity index (χ4n) is 9.28. The molecule has 0 amide bonds. The fraction of sp³-hybridized carbons (Fsp3) is 0.889. The molecular weight excluding hydrogens is 508 g/mol. The monoisotopic (exact) mass is 572 g/mol. The van der Waals surface area contributed by atoms with E-state index in [9.17, 15) is 0 Å². The van der Waals surface area contributed by atoms with Gasteiger partial charge in [-0.25, -0.2) is 0 Å². The van der Waals surface area contributed by atoms with Gasteiger partial charge in [0.1, 0.15) is 6.79 Å². The van der Waals surface area contributed by atoms with Crippen LogP contribution in [0.25, 0.3) is 0 Å². The van der Waals surface area contributed by atoms with Crippen LogP contribution in [0.15, 0.2) is 23.8 Å². The lowest BCUT2D eigenvalue weighted by Crippen LogP contribution is -2.52. The highest BCUT2D eigenvalue weighted by Crippen LogP contribution is 2.67. The summed E-state index contributed by atoms with van der Waals surface area (Å²) in [5.74, 6) is 4.36. The van der Waals surface area contributed by atoms with Gasteiger partial charge in [0.2, 0.25) is 0 Å². The van der Waals surface area contributed by atoms with Crippen molar-refractivity contribution < 1.29 is 13.9 Å². The van der Waals surface area contributed by atoms with Crippen LogP contribution in [0.2, 0.25) is 18.1 Å². The van der Waals surface area contributed by atoms with E-state index < -0.39 is 8.32 Å². The molecule has 3 saturated carbocycles. The third-order valence-corrected chi connectivity index (χ3v) is 17.9. The lowest BCUT2D eigenvalue weighted by molar-refractivity contribution is -0.128. The molecule has 4 aliphatic carbocycles. The Kier molecular flexibility index (Phi) is 9.41. The zero-order valence-corrected chi connectivity index (χ0v) is 29.4. The van der Waals surface area contributed by atoms with E-state index in [1.807, 2.05) is 0 Å². The molecule has 4 aliphatic rings. The van der Waals surface area contributed by atoms with Crippen LogP contribution < -0.4 is 0 Å². The van der Waals surface area contributed by atoms with Crippen LogP contribution in [0, 0.1) is 46.3 Å². The number of hydrogen-bond acceptors (Lipinski definition) is 3. The summed E-state index contributed by atoms with van der Waals surface area (Å²) < 4.78 is 18.1. The SMILES string of the molecule is COCOC(C)(C)[C@@H](C)/C=C/[C@H](C)[C@H]1CC[C@H]2[C@@H]3CC=C4C[C@@H](O[Si](C)(C)C(C)(C)C)CC[C@]4(C)[C@H]3CC[C@]12C. The number of fused-ring (bicyclic) bond motifs is 5. The van der Waals surface area contributed by atoms with Crippen molar-refractivity contribution in [2.45, 2.75) is 144 Å². The van der Waals surface area contributed by atoms with Gasteiger partial charge in [-0.3, -0.25) is 0 Å². The van der Waals surface area contributed by atoms with E-state index in [1.54, 1.807) is 12.7 Å². The van der Waals surface area contributed by atoms with Crippen molar-refractivity contribution in [2.24, 2.45) is 46.3 Å². The molecule has 4 heteroatoms. The molecule has 0 aromatic rings. The first-order valence-corrected chi connectivity index (χ1v) is 19.6. The summed E-state index contributed by atoms with van der Waals surface area (Å²) in [7, 11) is -0.0322. The van der Waals surface area contributed by atoms with Crippen LogP contribution >= 0.6 is 0 Å². The van der Waals surface area contributed by atoms with Gasteiger partial charge >= 0.3 is 0 Å². The molecule has 0 radical (unpaired) electrons. The lowest BCUT2D eigenvalue weighted by Gasteiger charge is -2.59. The fourth-order valence-corrected chi connectivity index (χ4v) is 10.7. The maximum Gasteiger partial charge on any atom is 0.192 e. The number of rotatable bonds is 9. The Labute approximate surface area is 249 Å². The van der Waals surface area contributed by atoms with Crippen molar-refractivity contribution in [1.29, 1.82) is 0 Å². The van der Waals surface area contributed by atoms with E-state index in [0.717, 1.165) is 23.7 Å². The Morgan fingerprint density at radius 3 is 2.33 bits per heavy atom. The minimum absolute atomic E-state index is 0.220. The first-order valence-electron chi connectivity index (χ1n) is 16.6. The molecule has 4 rings (SSSR count). The third kappa shape index (κ3) is 5.99. The second-order valence-electron chi connectivity index (χ2n) is 16.9. The molecule has 0 N–H and O–H groups in total. The van der Waals surface area contributed by atoms with Gasteiger partial charge in [0, 0.05) is 19.1 Å². The van der Waals surface area contributed by atoms with Crippen LogP contribution in [0.5, 0.6) is 0 Å². The molecule has 9 atom stereocenters. The van der Waals surface area contributed by atoms with Gasteiger partial charge in [0.05, 0.1) is 5.60 Å². The van der Waals surface area contributed by atoms with Gasteiger partial charge in [-0.2, -0.15) is 0 Å². The molecule has 0 saturated heterocycles. The summed E-state index contributed by atoms with van der Waals surface area (Å²) in [6, 6.07) is 0. The Bertz CT molecular complexity index is 944. The second-order valence-corrected chi connectivity index (χ2v) is 21.7. The maximum absolute atomic E-state index is 6.96. The van der Waals surface area contributed by atoms with Crippen molar-refractivity contribution in [3.05, 3.63) is 23.8 Å². The van der Waals surface area contributed by atoms with Crippen LogP contribution in [0.3, 0.4) is 0 Å². The predicted molar refractivity (Wildman–Crippen MR) is 172 cm³/mol. The Balaban J connectivity index is 1.44. The van der Waals surface area contributed by atoms with E-state index in [0.29, 0.717) is 35.6 Å². The van der Waals surface area contributed by atoms with Crippen LogP contribution in [-0.2, 0) is 13.9 Å². The topological polar surface area (TPSA) is 27.7 Å². The smallest absolute Gasteiger partial charge is 0.192 e. The van der Waals surface area contributed by atoms with Crippen LogP contribution in [-0.4, -0.2) is 33.9 Å². The van der Waals surface area contributed by atoms with Gasteiger partial charge < -0.3 is 13.9 Å². The first-order chi connectivity index (χ1) is 18.5. The molecule has 3 fully saturated rings. The minimum Gasteiger partial charge on any atom is -0.414 e. The summed E-state index contributed by atoms with van der Waals surface area (Å²) in [5.41, 5.74) is 2.40. The van der Waals surface area contributed by atoms with Gasteiger partial charge in [0.25, 0.3) is 0 Å². The molecule has 0 bridgehead atoms. The van der Waals surface area contributed by atoms with Crippen LogP contribution in [0.1, 0.15) is 114 Å². The molecule has 0 unspecified atom stereocenters. The normalized spacial score (nSPS) is 38.4. The van der Waals surface area contributed by atoms with E-state index in [4.69, 9.17) is 13.9 Å². The number of methoxy groups -OCH3 is 1. The molecular formula is C36H64O3Si. The highest BCUT2D eigenvalue weighted by atomic mass is 28.4. The van der Waals surface area contributed by atoms with Crippen LogP contribution in [0.4, 0.5) is 0 Å². The third-order valence-electron chi connectivity index (χ3n) is 13.4. The molecule has 0 heterocycles. The Morgan fingerprint density at radius 1 is 0.975 bits per heavy atom. The highest BCUT2D eigenvalue weighted by molar-refractivity contribution is 6.74. The number of allylic oxidation sites excluding steroid dienone is 2. The van der Waals surface area contributed by atoms with Gasteiger partial charge in [-0.1, -0.05) is 72.3 Å². The Morgan fingerprint density at radius 2 is 1.68 bits per heavy atom. The van der Waals surface area contributed by atoms with Gasteiger partial charge in [-0.05, 0) is 124 Å². The van der Waals surface area contributed by atoms with Crippen molar-refractivity contribution in [2.75, 3.05) is 13.9 Å². The number of hydrogen-bond donors (Lipinski definition) is 0. The zero-order chi connectivity index (χ0) is 29.7. The standard InChI is InChI=1S/C36H64O3Si/c1-25(13-14-26(2)34(6,7)38-24-37-10)30-17-18-31-29-16-15-27-23-28(39-40(11,12)33(3,4)5)19-21-35(27,8)32(29)20-22-36(30,31)9/h13-15,25-26,28-32H,16-24H2,1-12H3/b14-13+/t25-,26-,28-,29-,30+,31-,32-,35-,36+/m0/s1. The average Bonchev–Trinajstić information content (AvgIpc) is 3.22. The van der Waals surface area contributed by atoms with E-state index in [-0.39, 0.29) is 10.6 Å². The molecule has 0 aliphatic heterocycles. The molecule has 230 valence electrons. The van der Waals surface area contributed by atoms with E-state index in [2.05, 4.69) is 93.6 Å². The van der Waals surface area contributed by atoms with Crippen molar-refractivity contribution in [3.8, 4) is 0 Å². The average molecular weight is 573 g/mol. The zero-order valence-electron chi connectivity index (χ0n) is 28.4. The predicted octanol–water partition coefficient (Wildman–Crippen LogP) is 10.2. The molecule has 40 heavy (non-hydrogen) atoms. The lowest BCUT2D eigenvalue weighted by atomic mass is 9.47. The minimum atomic E-state index is -1.73.